The molecule has 0 aromatic heterocycles. The maximum Gasteiger partial charge on any atom is 0.145 e. The molecule has 1 rings (SSSR count). The summed E-state index contributed by atoms with van der Waals surface area (Å²) in [5.41, 5.74) is 7.11. The number of rotatable bonds is 3. The molecule has 0 amide bonds. The average molecular weight is 213 g/mol. The molecule has 0 unspecified atom stereocenters. The molecule has 0 aliphatic rings. The first-order valence-electron chi connectivity index (χ1n) is 4.23. The van der Waals surface area contributed by atoms with Crippen molar-refractivity contribution in [3.05, 3.63) is 28.3 Å². The maximum atomic E-state index is 7.05. The van der Waals surface area contributed by atoms with Crippen LogP contribution in [0.15, 0.2) is 12.1 Å². The molecule has 76 valence electrons. The van der Waals surface area contributed by atoms with E-state index in [9.17, 15) is 0 Å². The fraction of sp³-hybridized carbons (Fsp3) is 0.300. The van der Waals surface area contributed by atoms with Crippen LogP contribution in [-0.2, 0) is 0 Å². The summed E-state index contributed by atoms with van der Waals surface area (Å²) in [6.07, 6.45) is 0. The lowest BCUT2D eigenvalue weighted by Gasteiger charge is -2.11. The molecule has 0 fully saturated rings. The second-order valence-corrected chi connectivity index (χ2v) is 3.62. The third-order valence-electron chi connectivity index (χ3n) is 1.80. The van der Waals surface area contributed by atoms with E-state index in [0.29, 0.717) is 5.02 Å². The van der Waals surface area contributed by atoms with Gasteiger partial charge in [0.05, 0.1) is 0 Å². The number of nitrogens with two attached hydrogens (primary N) is 1. The minimum absolute atomic E-state index is 0.0127. The van der Waals surface area contributed by atoms with E-state index in [1.165, 1.54) is 0 Å². The summed E-state index contributed by atoms with van der Waals surface area (Å²) in [5.74, 6) is 0.767. The summed E-state index contributed by atoms with van der Waals surface area (Å²) in [7, 11) is 0. The molecule has 1 aromatic rings. The number of ether oxygens (including phenoxy) is 1. The molecule has 0 bridgehead atoms. The van der Waals surface area contributed by atoms with Crippen molar-refractivity contribution in [2.45, 2.75) is 13.8 Å². The number of hydrogen-bond acceptors (Lipinski definition) is 2. The first kappa shape index (κ1) is 10.9. The molecular formula is C10H13ClN2O. The van der Waals surface area contributed by atoms with Crippen molar-refractivity contribution in [3.8, 4) is 5.75 Å². The van der Waals surface area contributed by atoms with E-state index in [4.69, 9.17) is 27.5 Å². The average Bonchev–Trinajstić information content (AvgIpc) is 2.01. The van der Waals surface area contributed by atoms with Crippen LogP contribution < -0.4 is 10.5 Å². The van der Waals surface area contributed by atoms with Crippen LogP contribution in [0.4, 0.5) is 0 Å². The minimum atomic E-state index is 0.0127. The summed E-state index contributed by atoms with van der Waals surface area (Å²) >= 11 is 5.86. The fourth-order valence-corrected chi connectivity index (χ4v) is 1.60. The van der Waals surface area contributed by atoms with Crippen LogP contribution in [0.2, 0.25) is 5.02 Å². The Kier molecular flexibility index (Phi) is 3.36. The van der Waals surface area contributed by atoms with Crippen molar-refractivity contribution in [1.82, 2.24) is 0 Å². The topological polar surface area (TPSA) is 59.1 Å². The Morgan fingerprint density at radius 1 is 1.43 bits per heavy atom. The summed E-state index contributed by atoms with van der Waals surface area (Å²) in [6.45, 7) is 3.94. The molecule has 0 heterocycles. The third kappa shape index (κ3) is 2.64. The van der Waals surface area contributed by atoms with Gasteiger partial charge in [0.25, 0.3) is 0 Å². The predicted octanol–water partition coefficient (Wildman–Crippen LogP) is 2.27. The third-order valence-corrected chi connectivity index (χ3v) is 2.02. The zero-order valence-electron chi connectivity index (χ0n) is 8.23. The van der Waals surface area contributed by atoms with E-state index in [0.717, 1.165) is 16.9 Å². The van der Waals surface area contributed by atoms with Crippen molar-refractivity contribution in [1.29, 1.82) is 5.41 Å². The van der Waals surface area contributed by atoms with E-state index >= 15 is 0 Å². The highest BCUT2D eigenvalue weighted by atomic mass is 35.5. The van der Waals surface area contributed by atoms with Crippen LogP contribution in [-0.4, -0.2) is 12.4 Å². The SMILES string of the molecule is Cc1cc(Cl)cc(C)c1OCC(=N)N. The van der Waals surface area contributed by atoms with Crippen molar-refractivity contribution in [2.75, 3.05) is 6.61 Å². The maximum absolute atomic E-state index is 7.05. The van der Waals surface area contributed by atoms with Crippen LogP contribution >= 0.6 is 11.6 Å². The van der Waals surface area contributed by atoms with Gasteiger partial charge < -0.3 is 10.5 Å². The largest absolute Gasteiger partial charge is 0.485 e. The summed E-state index contributed by atoms with van der Waals surface area (Å²) in [5, 5.41) is 7.74. The summed E-state index contributed by atoms with van der Waals surface area (Å²) < 4.78 is 5.38. The molecule has 0 saturated heterocycles. The van der Waals surface area contributed by atoms with Crippen LogP contribution in [0.25, 0.3) is 0 Å². The van der Waals surface area contributed by atoms with Gasteiger partial charge in [-0.25, -0.2) is 0 Å². The van der Waals surface area contributed by atoms with Crippen molar-refractivity contribution >= 4 is 17.4 Å². The number of hydrogen-bond donors (Lipinski definition) is 2. The first-order valence-corrected chi connectivity index (χ1v) is 4.61. The van der Waals surface area contributed by atoms with Crippen LogP contribution in [0.1, 0.15) is 11.1 Å². The van der Waals surface area contributed by atoms with Gasteiger partial charge in [0.15, 0.2) is 0 Å². The van der Waals surface area contributed by atoms with Crippen LogP contribution in [0.3, 0.4) is 0 Å². The van der Waals surface area contributed by atoms with E-state index in [1.54, 1.807) is 0 Å². The predicted molar refractivity (Wildman–Crippen MR) is 58.3 cm³/mol. The van der Waals surface area contributed by atoms with E-state index in [2.05, 4.69) is 0 Å². The molecule has 3 nitrogen and oxygen atoms in total. The molecule has 0 spiro atoms. The Morgan fingerprint density at radius 2 is 1.93 bits per heavy atom. The van der Waals surface area contributed by atoms with E-state index in [1.807, 2.05) is 26.0 Å². The molecule has 1 aromatic carbocycles. The molecule has 14 heavy (non-hydrogen) atoms. The van der Waals surface area contributed by atoms with Crippen molar-refractivity contribution in [2.24, 2.45) is 5.73 Å². The first-order chi connectivity index (χ1) is 6.50. The van der Waals surface area contributed by atoms with Gasteiger partial charge in [-0.15, -0.1) is 0 Å². The standard InChI is InChI=1S/C10H13ClN2O/c1-6-3-8(11)4-7(2)10(6)14-5-9(12)13/h3-4H,5H2,1-2H3,(H3,12,13). The zero-order chi connectivity index (χ0) is 10.7. The molecular weight excluding hydrogens is 200 g/mol. The lowest BCUT2D eigenvalue weighted by atomic mass is 10.1. The number of aryl methyl sites for hydroxylation is 2. The van der Waals surface area contributed by atoms with E-state index in [-0.39, 0.29) is 12.4 Å². The van der Waals surface area contributed by atoms with Gasteiger partial charge in [0, 0.05) is 5.02 Å². The molecule has 0 radical (unpaired) electrons. The summed E-state index contributed by atoms with van der Waals surface area (Å²) in [4.78, 5) is 0. The highest BCUT2D eigenvalue weighted by Crippen LogP contribution is 2.26. The van der Waals surface area contributed by atoms with Gasteiger partial charge in [-0.2, -0.15) is 0 Å². The Balaban J connectivity index is 2.91. The highest BCUT2D eigenvalue weighted by Gasteiger charge is 2.05. The zero-order valence-corrected chi connectivity index (χ0v) is 8.98. The second kappa shape index (κ2) is 4.33. The Bertz CT molecular complexity index is 340. The molecule has 4 heteroatoms. The number of amidine groups is 1. The quantitative estimate of drug-likeness (QED) is 0.597. The van der Waals surface area contributed by atoms with Gasteiger partial charge >= 0.3 is 0 Å². The molecule has 0 aliphatic heterocycles. The van der Waals surface area contributed by atoms with Gasteiger partial charge in [-0.3, -0.25) is 5.41 Å². The number of halogens is 1. The number of nitrogens with one attached hydrogen (secondary N) is 1. The fourth-order valence-electron chi connectivity index (χ4n) is 1.28. The van der Waals surface area contributed by atoms with Crippen LogP contribution in [0, 0.1) is 19.3 Å². The Labute approximate surface area is 88.3 Å². The van der Waals surface area contributed by atoms with Gasteiger partial charge in [-0.05, 0) is 37.1 Å². The smallest absolute Gasteiger partial charge is 0.145 e. The summed E-state index contributed by atoms with van der Waals surface area (Å²) in [6, 6.07) is 3.65. The monoisotopic (exact) mass is 212 g/mol. The van der Waals surface area contributed by atoms with Crippen molar-refractivity contribution < 1.29 is 4.74 Å². The Hall–Kier alpha value is -1.22. The molecule has 3 N–H and O–H groups in total. The molecule has 0 atom stereocenters. The molecule has 0 saturated carbocycles. The van der Waals surface area contributed by atoms with Gasteiger partial charge in [0.1, 0.15) is 18.2 Å². The second-order valence-electron chi connectivity index (χ2n) is 3.18. The minimum Gasteiger partial charge on any atom is -0.485 e. The normalized spacial score (nSPS) is 9.93. The van der Waals surface area contributed by atoms with Gasteiger partial charge in [-0.1, -0.05) is 11.6 Å². The lowest BCUT2D eigenvalue weighted by Crippen LogP contribution is -2.19. The van der Waals surface area contributed by atoms with Gasteiger partial charge in [0.2, 0.25) is 0 Å². The van der Waals surface area contributed by atoms with Crippen LogP contribution in [0.5, 0.6) is 5.75 Å². The Morgan fingerprint density at radius 3 is 2.36 bits per heavy atom. The number of benzene rings is 1. The highest BCUT2D eigenvalue weighted by molar-refractivity contribution is 6.30. The van der Waals surface area contributed by atoms with E-state index < -0.39 is 0 Å². The van der Waals surface area contributed by atoms with Crippen molar-refractivity contribution in [3.63, 3.8) is 0 Å². The lowest BCUT2D eigenvalue weighted by molar-refractivity contribution is 0.369. The molecule has 0 aliphatic carbocycles.